The van der Waals surface area contributed by atoms with E-state index in [9.17, 15) is 10.1 Å². The molecule has 1 aromatic heterocycles. The van der Waals surface area contributed by atoms with Crippen molar-refractivity contribution in [2.75, 3.05) is 44.8 Å². The molecule has 1 fully saturated rings. The van der Waals surface area contributed by atoms with Gasteiger partial charge in [0.15, 0.2) is 0 Å². The van der Waals surface area contributed by atoms with Crippen molar-refractivity contribution in [1.29, 1.82) is 5.26 Å². The molecule has 2 heterocycles. The molecule has 4 N–H and O–H groups in total. The maximum absolute atomic E-state index is 11.7. The molecule has 0 aliphatic carbocycles. The average Bonchev–Trinajstić information content (AvgIpc) is 2.99. The predicted octanol–water partition coefficient (Wildman–Crippen LogP) is 0.925. The Morgan fingerprint density at radius 3 is 2.95 bits per heavy atom. The Balaban J connectivity index is 2.11. The fraction of sp³-hybridized carbons (Fsp3) is 0.538. The lowest BCUT2D eigenvalue weighted by atomic mass is 10.1. The second-order valence-electron chi connectivity index (χ2n) is 5.04. The van der Waals surface area contributed by atoms with Crippen LogP contribution in [0.2, 0.25) is 0 Å². The van der Waals surface area contributed by atoms with Crippen LogP contribution < -0.4 is 16.4 Å². The van der Waals surface area contributed by atoms with Crippen LogP contribution in [0.25, 0.3) is 0 Å². The summed E-state index contributed by atoms with van der Waals surface area (Å²) in [6.07, 6.45) is 1.15. The standard InChI is InChI=1S/C13H19N5OS/c1-16-12(19)11-10(15)9(5-14)13(20-11)17-6-8-3-4-18(2)7-8/h8,17H,3-4,6-7,15H2,1-2H3,(H,16,19). The van der Waals surface area contributed by atoms with E-state index in [0.717, 1.165) is 26.1 Å². The number of anilines is 2. The van der Waals surface area contributed by atoms with Crippen LogP contribution in [0.3, 0.4) is 0 Å². The molecule has 20 heavy (non-hydrogen) atoms. The van der Waals surface area contributed by atoms with Gasteiger partial charge in [-0.25, -0.2) is 0 Å². The Hall–Kier alpha value is -1.78. The SMILES string of the molecule is CNC(=O)c1sc(NCC2CCN(C)C2)c(C#N)c1N. The zero-order chi connectivity index (χ0) is 14.7. The number of nitrogens with two attached hydrogens (primary N) is 1. The Morgan fingerprint density at radius 1 is 1.65 bits per heavy atom. The summed E-state index contributed by atoms with van der Waals surface area (Å²) in [5, 5.41) is 15.7. The number of rotatable bonds is 4. The highest BCUT2D eigenvalue weighted by Gasteiger charge is 2.23. The quantitative estimate of drug-likeness (QED) is 0.767. The first-order valence-electron chi connectivity index (χ1n) is 6.53. The third-order valence-electron chi connectivity index (χ3n) is 3.53. The molecule has 1 aliphatic heterocycles. The van der Waals surface area contributed by atoms with Gasteiger partial charge in [-0.2, -0.15) is 5.26 Å². The van der Waals surface area contributed by atoms with Gasteiger partial charge in [-0.05, 0) is 25.9 Å². The molecule has 1 unspecified atom stereocenters. The monoisotopic (exact) mass is 293 g/mol. The maximum Gasteiger partial charge on any atom is 0.263 e. The molecule has 1 saturated heterocycles. The van der Waals surface area contributed by atoms with Crippen molar-refractivity contribution in [3.8, 4) is 6.07 Å². The Bertz CT molecular complexity index is 548. The predicted molar refractivity (Wildman–Crippen MR) is 80.9 cm³/mol. The van der Waals surface area contributed by atoms with Crippen LogP contribution in [0.5, 0.6) is 0 Å². The van der Waals surface area contributed by atoms with E-state index in [2.05, 4.69) is 28.7 Å². The minimum Gasteiger partial charge on any atom is -0.396 e. The minimum absolute atomic E-state index is 0.252. The van der Waals surface area contributed by atoms with Gasteiger partial charge in [-0.15, -0.1) is 11.3 Å². The molecule has 1 amide bonds. The Morgan fingerprint density at radius 2 is 2.40 bits per heavy atom. The smallest absolute Gasteiger partial charge is 0.263 e. The molecule has 0 aromatic carbocycles. The van der Waals surface area contributed by atoms with Crippen LogP contribution in [0.4, 0.5) is 10.7 Å². The molecule has 108 valence electrons. The number of carbonyl (C=O) groups is 1. The number of thiophene rings is 1. The third kappa shape index (κ3) is 2.86. The Labute approximate surface area is 122 Å². The topological polar surface area (TPSA) is 94.2 Å². The molecule has 1 aromatic rings. The lowest BCUT2D eigenvalue weighted by molar-refractivity contribution is 0.0968. The number of nitrogens with zero attached hydrogens (tertiary/aromatic N) is 2. The highest BCUT2D eigenvalue weighted by molar-refractivity contribution is 7.18. The van der Waals surface area contributed by atoms with Crippen molar-refractivity contribution in [3.05, 3.63) is 10.4 Å². The van der Waals surface area contributed by atoms with Crippen LogP contribution in [-0.4, -0.2) is 44.5 Å². The van der Waals surface area contributed by atoms with Crippen LogP contribution in [-0.2, 0) is 0 Å². The van der Waals surface area contributed by atoms with E-state index < -0.39 is 0 Å². The van der Waals surface area contributed by atoms with Crippen molar-refractivity contribution in [3.63, 3.8) is 0 Å². The summed E-state index contributed by atoms with van der Waals surface area (Å²) in [5.41, 5.74) is 6.52. The van der Waals surface area contributed by atoms with Crippen molar-refractivity contribution in [2.45, 2.75) is 6.42 Å². The second kappa shape index (κ2) is 6.11. The number of carbonyl (C=O) groups excluding carboxylic acids is 1. The number of nitrogens with one attached hydrogen (secondary N) is 2. The van der Waals surface area contributed by atoms with Gasteiger partial charge in [0.2, 0.25) is 0 Å². The number of amides is 1. The van der Waals surface area contributed by atoms with Gasteiger partial charge in [0.05, 0.1) is 5.69 Å². The molecule has 2 rings (SSSR count). The normalized spacial score (nSPS) is 18.8. The van der Waals surface area contributed by atoms with Crippen LogP contribution in [0.15, 0.2) is 0 Å². The van der Waals surface area contributed by atoms with Gasteiger partial charge >= 0.3 is 0 Å². The van der Waals surface area contributed by atoms with Gasteiger partial charge < -0.3 is 21.3 Å². The second-order valence-corrected chi connectivity index (χ2v) is 6.06. The average molecular weight is 293 g/mol. The maximum atomic E-state index is 11.7. The summed E-state index contributed by atoms with van der Waals surface area (Å²) in [6, 6.07) is 2.08. The molecule has 1 atom stereocenters. The highest BCUT2D eigenvalue weighted by atomic mass is 32.1. The zero-order valence-corrected chi connectivity index (χ0v) is 12.5. The molecule has 0 spiro atoms. The van der Waals surface area contributed by atoms with Crippen LogP contribution in [0, 0.1) is 17.2 Å². The molecular weight excluding hydrogens is 274 g/mol. The van der Waals surface area contributed by atoms with Crippen molar-refractivity contribution < 1.29 is 4.79 Å². The van der Waals surface area contributed by atoms with Gasteiger partial charge in [0.25, 0.3) is 5.91 Å². The number of nitrogen functional groups attached to an aromatic ring is 1. The summed E-state index contributed by atoms with van der Waals surface area (Å²) >= 11 is 1.24. The van der Waals surface area contributed by atoms with E-state index in [1.165, 1.54) is 11.3 Å². The third-order valence-corrected chi connectivity index (χ3v) is 4.69. The first kappa shape index (κ1) is 14.6. The first-order chi connectivity index (χ1) is 9.56. The zero-order valence-electron chi connectivity index (χ0n) is 11.7. The summed E-state index contributed by atoms with van der Waals surface area (Å²) < 4.78 is 0. The van der Waals surface area contributed by atoms with Crippen molar-refractivity contribution >= 4 is 27.9 Å². The molecule has 0 radical (unpaired) electrons. The molecular formula is C13H19N5OS. The van der Waals surface area contributed by atoms with Gasteiger partial charge in [-0.3, -0.25) is 4.79 Å². The molecule has 6 nitrogen and oxygen atoms in total. The van der Waals surface area contributed by atoms with E-state index in [1.807, 2.05) is 0 Å². The lowest BCUT2D eigenvalue weighted by Gasteiger charge is -2.11. The summed E-state index contributed by atoms with van der Waals surface area (Å²) in [5.74, 6) is 0.316. The minimum atomic E-state index is -0.252. The fourth-order valence-electron chi connectivity index (χ4n) is 2.39. The molecule has 1 aliphatic rings. The van der Waals surface area contributed by atoms with Crippen molar-refractivity contribution in [1.82, 2.24) is 10.2 Å². The molecule has 0 saturated carbocycles. The fourth-order valence-corrected chi connectivity index (χ4v) is 3.42. The first-order valence-corrected chi connectivity index (χ1v) is 7.35. The Kier molecular flexibility index (Phi) is 4.47. The van der Waals surface area contributed by atoms with Gasteiger partial charge in [-0.1, -0.05) is 0 Å². The highest BCUT2D eigenvalue weighted by Crippen LogP contribution is 2.35. The van der Waals surface area contributed by atoms with Gasteiger partial charge in [0.1, 0.15) is 21.5 Å². The van der Waals surface area contributed by atoms with Crippen LogP contribution in [0.1, 0.15) is 21.7 Å². The molecule has 0 bridgehead atoms. The number of nitriles is 1. The molecule has 7 heteroatoms. The largest absolute Gasteiger partial charge is 0.396 e. The van der Waals surface area contributed by atoms with E-state index in [4.69, 9.17) is 5.73 Å². The number of hydrogen-bond donors (Lipinski definition) is 3. The number of likely N-dealkylation sites (tertiary alicyclic amines) is 1. The van der Waals surface area contributed by atoms with E-state index >= 15 is 0 Å². The van der Waals surface area contributed by atoms with Gasteiger partial charge in [0, 0.05) is 20.1 Å². The van der Waals surface area contributed by atoms with E-state index in [-0.39, 0.29) is 11.6 Å². The number of hydrogen-bond acceptors (Lipinski definition) is 6. The van der Waals surface area contributed by atoms with E-state index in [0.29, 0.717) is 21.4 Å². The lowest BCUT2D eigenvalue weighted by Crippen LogP contribution is -2.19. The summed E-state index contributed by atoms with van der Waals surface area (Å²) in [6.45, 7) is 2.96. The summed E-state index contributed by atoms with van der Waals surface area (Å²) in [7, 11) is 3.66. The van der Waals surface area contributed by atoms with Crippen molar-refractivity contribution in [2.24, 2.45) is 5.92 Å². The van der Waals surface area contributed by atoms with E-state index in [1.54, 1.807) is 7.05 Å². The summed E-state index contributed by atoms with van der Waals surface area (Å²) in [4.78, 5) is 14.4. The van der Waals surface area contributed by atoms with Crippen LogP contribution >= 0.6 is 11.3 Å².